The summed E-state index contributed by atoms with van der Waals surface area (Å²) >= 11 is 0. The maximum atomic E-state index is 14.8. The lowest BCUT2D eigenvalue weighted by atomic mass is 10.0. The molecule has 4 N–H and O–H groups in total. The molecule has 4 heterocycles. The van der Waals surface area contributed by atoms with E-state index in [0.717, 1.165) is 72.1 Å². The molecule has 1 fully saturated rings. The van der Waals surface area contributed by atoms with E-state index in [4.69, 9.17) is 0 Å². The summed E-state index contributed by atoms with van der Waals surface area (Å²) in [6.07, 6.45) is 18.0. The summed E-state index contributed by atoms with van der Waals surface area (Å²) in [5, 5.41) is 14.0. The number of nitrogens with one attached hydrogen (secondary N) is 4. The summed E-state index contributed by atoms with van der Waals surface area (Å²) in [7, 11) is -1.44. The fourth-order valence-corrected chi connectivity index (χ4v) is 6.53. The molecule has 1 aliphatic carbocycles. The molecule has 0 spiro atoms. The van der Waals surface area contributed by atoms with Gasteiger partial charge in [-0.25, -0.2) is 4.39 Å². The number of benzene rings is 1. The summed E-state index contributed by atoms with van der Waals surface area (Å²) in [6.45, 7) is 11.1. The second-order valence-electron chi connectivity index (χ2n) is 12.2. The number of pyridine rings is 2. The van der Waals surface area contributed by atoms with Crippen LogP contribution >= 0.6 is 9.39 Å². The van der Waals surface area contributed by atoms with Crippen LogP contribution in [0.3, 0.4) is 0 Å². The molecule has 0 amide bonds. The predicted molar refractivity (Wildman–Crippen MR) is 196 cm³/mol. The summed E-state index contributed by atoms with van der Waals surface area (Å²) in [5.74, 6) is 8.32. The van der Waals surface area contributed by atoms with Gasteiger partial charge in [-0.1, -0.05) is 43.8 Å². The zero-order valence-corrected chi connectivity index (χ0v) is 27.2. The number of nitrogens with zero attached hydrogens (tertiary/aromatic N) is 3. The molecular formula is C37H40FN7S. The van der Waals surface area contributed by atoms with Gasteiger partial charge < -0.3 is 10.3 Å². The SMILES string of the molecule is C=C(/C=c1/c(-c2cc3c(-c4cc(F)cc(CNS(=C)(=C)C)c4)cncc3[nH]2)n[nH]/c1=C/C)c1cncc(NC(=C)C2CCCC2)c1. The van der Waals surface area contributed by atoms with E-state index < -0.39 is 9.39 Å². The van der Waals surface area contributed by atoms with Gasteiger partial charge >= 0.3 is 0 Å². The van der Waals surface area contributed by atoms with E-state index in [2.05, 4.69) is 66.2 Å². The van der Waals surface area contributed by atoms with E-state index in [9.17, 15) is 4.39 Å². The van der Waals surface area contributed by atoms with Gasteiger partial charge in [0.1, 0.15) is 11.5 Å². The van der Waals surface area contributed by atoms with E-state index in [-0.39, 0.29) is 5.82 Å². The van der Waals surface area contributed by atoms with Crippen LogP contribution in [0.1, 0.15) is 43.7 Å². The first-order valence-corrected chi connectivity index (χ1v) is 17.7. The number of rotatable bonds is 10. The second kappa shape index (κ2) is 12.9. The fraction of sp³-hybridized carbons (Fsp3) is 0.216. The van der Waals surface area contributed by atoms with Crippen molar-refractivity contribution in [2.75, 3.05) is 11.6 Å². The van der Waals surface area contributed by atoms with E-state index in [1.165, 1.54) is 37.8 Å². The van der Waals surface area contributed by atoms with Crippen LogP contribution in [0.4, 0.5) is 10.1 Å². The highest BCUT2D eigenvalue weighted by Crippen LogP contribution is 2.33. The molecule has 0 saturated heterocycles. The minimum atomic E-state index is -1.44. The highest BCUT2D eigenvalue weighted by molar-refractivity contribution is 8.25. The maximum absolute atomic E-state index is 14.8. The molecule has 0 unspecified atom stereocenters. The van der Waals surface area contributed by atoms with Crippen LogP contribution in [-0.4, -0.2) is 43.1 Å². The largest absolute Gasteiger partial charge is 0.358 e. The summed E-state index contributed by atoms with van der Waals surface area (Å²) in [5.41, 5.74) is 8.40. The van der Waals surface area contributed by atoms with Crippen molar-refractivity contribution in [2.45, 2.75) is 39.2 Å². The van der Waals surface area contributed by atoms with Crippen LogP contribution in [0.2, 0.25) is 0 Å². The molecule has 0 bridgehead atoms. The third-order valence-electron chi connectivity index (χ3n) is 8.40. The maximum Gasteiger partial charge on any atom is 0.124 e. The molecule has 0 aliphatic heterocycles. The number of hydrogen-bond donors (Lipinski definition) is 4. The summed E-state index contributed by atoms with van der Waals surface area (Å²) in [6, 6.07) is 9.15. The number of H-pyrrole nitrogens is 2. The number of aromatic amines is 2. The lowest BCUT2D eigenvalue weighted by Gasteiger charge is -2.16. The average Bonchev–Trinajstić information content (AvgIpc) is 3.79. The highest BCUT2D eigenvalue weighted by atomic mass is 32.2. The minimum Gasteiger partial charge on any atom is -0.358 e. The molecule has 236 valence electrons. The molecule has 9 heteroatoms. The Labute approximate surface area is 269 Å². The first-order valence-electron chi connectivity index (χ1n) is 15.4. The van der Waals surface area contributed by atoms with Gasteiger partial charge in [0.25, 0.3) is 0 Å². The molecule has 5 aromatic rings. The normalized spacial score (nSPS) is 14.8. The number of allylic oxidation sites excluding steroid dienone is 2. The third-order valence-corrected chi connectivity index (χ3v) is 9.24. The molecule has 0 radical (unpaired) electrons. The molecule has 7 nitrogen and oxygen atoms in total. The van der Waals surface area contributed by atoms with Crippen LogP contribution < -0.4 is 20.6 Å². The van der Waals surface area contributed by atoms with Crippen LogP contribution in [0.5, 0.6) is 0 Å². The smallest absolute Gasteiger partial charge is 0.124 e. The Hall–Kier alpha value is -4.73. The van der Waals surface area contributed by atoms with Crippen LogP contribution in [-0.2, 0) is 6.54 Å². The lowest BCUT2D eigenvalue weighted by Crippen LogP contribution is -2.23. The van der Waals surface area contributed by atoms with Crippen LogP contribution in [0.25, 0.3) is 51.1 Å². The van der Waals surface area contributed by atoms with Crippen molar-refractivity contribution < 1.29 is 4.39 Å². The van der Waals surface area contributed by atoms with Crippen molar-refractivity contribution in [1.29, 1.82) is 0 Å². The monoisotopic (exact) mass is 633 g/mol. The summed E-state index contributed by atoms with van der Waals surface area (Å²) < 4.78 is 18.1. The van der Waals surface area contributed by atoms with Crippen LogP contribution in [0, 0.1) is 11.7 Å². The Morgan fingerprint density at radius 1 is 1.04 bits per heavy atom. The van der Waals surface area contributed by atoms with E-state index in [1.807, 2.05) is 49.9 Å². The second-order valence-corrected chi connectivity index (χ2v) is 15.1. The van der Waals surface area contributed by atoms with Gasteiger partial charge in [0.05, 0.1) is 34.6 Å². The van der Waals surface area contributed by atoms with Gasteiger partial charge in [0, 0.05) is 46.4 Å². The van der Waals surface area contributed by atoms with E-state index in [0.29, 0.717) is 12.5 Å². The highest BCUT2D eigenvalue weighted by Gasteiger charge is 2.18. The average molecular weight is 634 g/mol. The van der Waals surface area contributed by atoms with Gasteiger partial charge in [-0.2, -0.15) is 14.5 Å². The molecule has 46 heavy (non-hydrogen) atoms. The van der Waals surface area contributed by atoms with Crippen molar-refractivity contribution in [1.82, 2.24) is 29.9 Å². The van der Waals surface area contributed by atoms with Crippen molar-refractivity contribution in [2.24, 2.45) is 5.92 Å². The number of halogens is 1. The van der Waals surface area contributed by atoms with Gasteiger partial charge in [0.15, 0.2) is 0 Å². The molecule has 6 rings (SSSR count). The van der Waals surface area contributed by atoms with Gasteiger partial charge in [-0.3, -0.25) is 19.8 Å². The Morgan fingerprint density at radius 3 is 2.59 bits per heavy atom. The molecular weight excluding hydrogens is 594 g/mol. The number of anilines is 1. The summed E-state index contributed by atoms with van der Waals surface area (Å²) in [4.78, 5) is 12.4. The van der Waals surface area contributed by atoms with E-state index in [1.54, 1.807) is 12.4 Å². The Bertz CT molecular complexity index is 2180. The molecule has 1 aromatic carbocycles. The third kappa shape index (κ3) is 6.90. The van der Waals surface area contributed by atoms with Crippen molar-refractivity contribution in [3.05, 3.63) is 101 Å². The van der Waals surface area contributed by atoms with Gasteiger partial charge in [-0.05, 0) is 85.0 Å². The van der Waals surface area contributed by atoms with E-state index >= 15 is 0 Å². The Kier molecular flexibility index (Phi) is 8.80. The molecule has 1 aliphatic rings. The standard InChI is InChI=1S/C37H40FN7S/c1-7-34-32(12-23(2)28-16-30(20-39-19-28)42-24(3)26-10-8-9-11-26)37(45-44-34)35-17-31-33(21-40-22-36(31)43-35)27-13-25(14-29(38)15-27)18-41-46(4,5)6/h7,12-17,19-22,26,41-44H,2-5,8-11,18H2,1,6H3/b32-12+,34-7+. The topological polar surface area (TPSA) is 94.3 Å². The van der Waals surface area contributed by atoms with Crippen molar-refractivity contribution in [3.63, 3.8) is 0 Å². The first-order chi connectivity index (χ1) is 22.1. The number of aromatic nitrogens is 5. The Morgan fingerprint density at radius 2 is 1.83 bits per heavy atom. The predicted octanol–water partition coefficient (Wildman–Crippen LogP) is 6.87. The van der Waals surface area contributed by atoms with Crippen molar-refractivity contribution >= 4 is 55.4 Å². The Balaban J connectivity index is 1.34. The molecule has 4 aromatic heterocycles. The number of fused-ring (bicyclic) bond motifs is 1. The number of hydrogen-bond acceptors (Lipinski definition) is 5. The van der Waals surface area contributed by atoms with Gasteiger partial charge in [-0.15, -0.1) is 0 Å². The molecule has 0 atom stereocenters. The van der Waals surface area contributed by atoms with Gasteiger partial charge in [0.2, 0.25) is 0 Å². The van der Waals surface area contributed by atoms with Crippen molar-refractivity contribution in [3.8, 4) is 22.5 Å². The van der Waals surface area contributed by atoms with Crippen LogP contribution in [0.15, 0.2) is 74.0 Å². The first kappa shape index (κ1) is 31.3. The minimum absolute atomic E-state index is 0.311. The fourth-order valence-electron chi connectivity index (χ4n) is 6.01. The lowest BCUT2D eigenvalue weighted by molar-refractivity contribution is 0.625. The molecule has 1 saturated carbocycles. The zero-order valence-electron chi connectivity index (χ0n) is 26.4. The zero-order chi connectivity index (χ0) is 32.4. The quantitative estimate of drug-likeness (QED) is 0.126.